The molecule has 0 amide bonds. The number of rotatable bonds is 6. The molecular formula is C14H21N3O. The van der Waals surface area contributed by atoms with E-state index >= 15 is 0 Å². The first-order valence-electron chi connectivity index (χ1n) is 6.36. The number of hydrogen-bond acceptors (Lipinski definition) is 3. The average molecular weight is 247 g/mol. The van der Waals surface area contributed by atoms with Gasteiger partial charge in [-0.2, -0.15) is 0 Å². The van der Waals surface area contributed by atoms with Crippen molar-refractivity contribution >= 4 is 5.84 Å². The van der Waals surface area contributed by atoms with Gasteiger partial charge in [0.1, 0.15) is 18.2 Å². The number of amidine groups is 1. The smallest absolute Gasteiger partial charge is 0.133 e. The fraction of sp³-hybridized carbons (Fsp3) is 0.500. The molecule has 4 heteroatoms. The molecule has 0 saturated heterocycles. The van der Waals surface area contributed by atoms with Crippen LogP contribution in [0.15, 0.2) is 18.2 Å². The minimum atomic E-state index is 0.0595. The number of nitrogens with zero attached hydrogens (tertiary/aromatic N) is 1. The molecule has 0 aromatic heterocycles. The summed E-state index contributed by atoms with van der Waals surface area (Å²) in [5.74, 6) is 0.804. The third kappa shape index (κ3) is 3.01. The molecule has 1 fully saturated rings. The van der Waals surface area contributed by atoms with Crippen molar-refractivity contribution in [3.63, 3.8) is 0 Å². The van der Waals surface area contributed by atoms with Gasteiger partial charge >= 0.3 is 0 Å². The molecule has 0 atom stereocenters. The monoisotopic (exact) mass is 247 g/mol. The molecule has 1 aromatic carbocycles. The first-order valence-corrected chi connectivity index (χ1v) is 6.36. The van der Waals surface area contributed by atoms with Crippen molar-refractivity contribution in [3.05, 3.63) is 29.3 Å². The average Bonchev–Trinajstić information content (AvgIpc) is 3.14. The topological polar surface area (TPSA) is 62.3 Å². The summed E-state index contributed by atoms with van der Waals surface area (Å²) in [4.78, 5) is 2.33. The van der Waals surface area contributed by atoms with Gasteiger partial charge in [-0.1, -0.05) is 12.1 Å². The van der Waals surface area contributed by atoms with Crippen molar-refractivity contribution in [2.75, 3.05) is 20.2 Å². The Kier molecular flexibility index (Phi) is 3.87. The summed E-state index contributed by atoms with van der Waals surface area (Å²) in [6, 6.07) is 6.45. The molecule has 4 nitrogen and oxygen atoms in total. The van der Waals surface area contributed by atoms with E-state index in [1.54, 1.807) is 0 Å². The molecule has 1 saturated carbocycles. The summed E-state index contributed by atoms with van der Waals surface area (Å²) in [6.07, 6.45) is 2.61. The number of benzene rings is 1. The van der Waals surface area contributed by atoms with Crippen LogP contribution in [-0.2, 0) is 0 Å². The van der Waals surface area contributed by atoms with Gasteiger partial charge in [-0.3, -0.25) is 5.41 Å². The van der Waals surface area contributed by atoms with Gasteiger partial charge < -0.3 is 15.4 Å². The molecule has 2 rings (SSSR count). The van der Waals surface area contributed by atoms with Gasteiger partial charge in [0.05, 0.1) is 5.56 Å². The zero-order valence-corrected chi connectivity index (χ0v) is 11.1. The molecule has 0 spiro atoms. The van der Waals surface area contributed by atoms with E-state index in [0.717, 1.165) is 23.9 Å². The molecule has 1 aromatic rings. The summed E-state index contributed by atoms with van der Waals surface area (Å²) in [5.41, 5.74) is 7.28. The van der Waals surface area contributed by atoms with E-state index in [0.29, 0.717) is 12.2 Å². The third-order valence-electron chi connectivity index (χ3n) is 3.36. The van der Waals surface area contributed by atoms with E-state index in [9.17, 15) is 0 Å². The maximum Gasteiger partial charge on any atom is 0.133 e. The SMILES string of the molecule is Cc1cccc(C(=N)N)c1OCCN(C)C1CC1. The predicted octanol–water partition coefficient (Wildman–Crippen LogP) is 1.75. The fourth-order valence-electron chi connectivity index (χ4n) is 2.05. The Labute approximate surface area is 108 Å². The maximum absolute atomic E-state index is 7.56. The summed E-state index contributed by atoms with van der Waals surface area (Å²) in [6.45, 7) is 3.53. The highest BCUT2D eigenvalue weighted by Gasteiger charge is 2.25. The molecule has 0 aliphatic heterocycles. The molecule has 1 aliphatic carbocycles. The summed E-state index contributed by atoms with van der Waals surface area (Å²) < 4.78 is 5.82. The lowest BCUT2D eigenvalue weighted by atomic mass is 10.1. The van der Waals surface area contributed by atoms with E-state index in [1.807, 2.05) is 25.1 Å². The molecule has 0 unspecified atom stereocenters. The highest BCUT2D eigenvalue weighted by Crippen LogP contribution is 2.26. The van der Waals surface area contributed by atoms with Gasteiger partial charge in [-0.25, -0.2) is 0 Å². The lowest BCUT2D eigenvalue weighted by Crippen LogP contribution is -2.26. The van der Waals surface area contributed by atoms with E-state index < -0.39 is 0 Å². The van der Waals surface area contributed by atoms with Crippen molar-refractivity contribution in [3.8, 4) is 5.75 Å². The molecule has 0 bridgehead atoms. The highest BCUT2D eigenvalue weighted by molar-refractivity contribution is 5.98. The zero-order valence-electron chi connectivity index (χ0n) is 11.1. The second kappa shape index (κ2) is 5.40. The van der Waals surface area contributed by atoms with Gasteiger partial charge in [0.2, 0.25) is 0 Å². The van der Waals surface area contributed by atoms with E-state index in [1.165, 1.54) is 12.8 Å². The largest absolute Gasteiger partial charge is 0.491 e. The fourth-order valence-corrected chi connectivity index (χ4v) is 2.05. The Morgan fingerprint density at radius 1 is 1.50 bits per heavy atom. The summed E-state index contributed by atoms with van der Waals surface area (Å²) in [5, 5.41) is 7.56. The molecule has 18 heavy (non-hydrogen) atoms. The van der Waals surface area contributed by atoms with Crippen LogP contribution in [-0.4, -0.2) is 37.0 Å². The molecule has 0 heterocycles. The Morgan fingerprint density at radius 2 is 2.22 bits per heavy atom. The minimum absolute atomic E-state index is 0.0595. The number of nitrogen functional groups attached to an aromatic ring is 1. The molecule has 98 valence electrons. The number of nitrogens with one attached hydrogen (secondary N) is 1. The van der Waals surface area contributed by atoms with Crippen LogP contribution >= 0.6 is 0 Å². The molecule has 1 aliphatic rings. The molecular weight excluding hydrogens is 226 g/mol. The van der Waals surface area contributed by atoms with Crippen LogP contribution in [0.25, 0.3) is 0 Å². The van der Waals surface area contributed by atoms with E-state index in [4.69, 9.17) is 15.9 Å². The Morgan fingerprint density at radius 3 is 2.83 bits per heavy atom. The first-order chi connectivity index (χ1) is 8.59. The molecule has 0 radical (unpaired) electrons. The van der Waals surface area contributed by atoms with Gasteiger partial charge in [0, 0.05) is 12.6 Å². The van der Waals surface area contributed by atoms with Crippen LogP contribution < -0.4 is 10.5 Å². The number of para-hydroxylation sites is 1. The quantitative estimate of drug-likeness (QED) is 0.594. The standard InChI is InChI=1S/C14H21N3O/c1-10-4-3-5-12(14(15)16)13(10)18-9-8-17(2)11-6-7-11/h3-5,11H,6-9H2,1-2H3,(H3,15,16). The second-order valence-electron chi connectivity index (χ2n) is 4.93. The van der Waals surface area contributed by atoms with Crippen LogP contribution in [0, 0.1) is 12.3 Å². The third-order valence-corrected chi connectivity index (χ3v) is 3.36. The number of nitrogens with two attached hydrogens (primary N) is 1. The minimum Gasteiger partial charge on any atom is -0.491 e. The van der Waals surface area contributed by atoms with Crippen LogP contribution in [0.2, 0.25) is 0 Å². The van der Waals surface area contributed by atoms with Crippen molar-refractivity contribution in [2.24, 2.45) is 5.73 Å². The number of hydrogen-bond donors (Lipinski definition) is 2. The molecule has 3 N–H and O–H groups in total. The van der Waals surface area contributed by atoms with Crippen molar-refractivity contribution < 1.29 is 4.74 Å². The number of aryl methyl sites for hydroxylation is 1. The zero-order chi connectivity index (χ0) is 13.1. The van der Waals surface area contributed by atoms with Crippen molar-refractivity contribution in [2.45, 2.75) is 25.8 Å². The van der Waals surface area contributed by atoms with Crippen LogP contribution in [0.1, 0.15) is 24.0 Å². The van der Waals surface area contributed by atoms with Gasteiger partial charge in [-0.05, 0) is 38.4 Å². The van der Waals surface area contributed by atoms with Crippen molar-refractivity contribution in [1.82, 2.24) is 4.90 Å². The summed E-state index contributed by atoms with van der Waals surface area (Å²) in [7, 11) is 2.13. The second-order valence-corrected chi connectivity index (χ2v) is 4.93. The Balaban J connectivity index is 1.97. The van der Waals surface area contributed by atoms with Crippen LogP contribution in [0.4, 0.5) is 0 Å². The van der Waals surface area contributed by atoms with Crippen molar-refractivity contribution in [1.29, 1.82) is 5.41 Å². The lowest BCUT2D eigenvalue weighted by Gasteiger charge is -2.18. The Bertz CT molecular complexity index is 441. The predicted molar refractivity (Wildman–Crippen MR) is 73.3 cm³/mol. The Hall–Kier alpha value is -1.55. The van der Waals surface area contributed by atoms with Crippen LogP contribution in [0.5, 0.6) is 5.75 Å². The van der Waals surface area contributed by atoms with Crippen LogP contribution in [0.3, 0.4) is 0 Å². The van der Waals surface area contributed by atoms with E-state index in [-0.39, 0.29) is 5.84 Å². The number of ether oxygens (including phenoxy) is 1. The van der Waals surface area contributed by atoms with Gasteiger partial charge in [-0.15, -0.1) is 0 Å². The van der Waals surface area contributed by atoms with E-state index in [2.05, 4.69) is 11.9 Å². The van der Waals surface area contributed by atoms with Gasteiger partial charge in [0.15, 0.2) is 0 Å². The lowest BCUT2D eigenvalue weighted by molar-refractivity contribution is 0.231. The van der Waals surface area contributed by atoms with Gasteiger partial charge in [0.25, 0.3) is 0 Å². The normalized spacial score (nSPS) is 14.8. The first kappa shape index (κ1) is 12.9. The number of likely N-dealkylation sites (N-methyl/N-ethyl adjacent to an activating group) is 1. The highest BCUT2D eigenvalue weighted by atomic mass is 16.5. The maximum atomic E-state index is 7.56. The summed E-state index contributed by atoms with van der Waals surface area (Å²) >= 11 is 0.